The van der Waals surface area contributed by atoms with E-state index in [-0.39, 0.29) is 0 Å². The zero-order valence-electron chi connectivity index (χ0n) is 6.76. The molecule has 0 fully saturated rings. The van der Waals surface area contributed by atoms with Crippen molar-refractivity contribution < 1.29 is 4.79 Å². The molecule has 0 aliphatic rings. The molecule has 3 nitrogen and oxygen atoms in total. The first kappa shape index (κ1) is 9.43. The highest BCUT2D eigenvalue weighted by Gasteiger charge is 1.96. The van der Waals surface area contributed by atoms with Gasteiger partial charge in [0.25, 0.3) is 0 Å². The van der Waals surface area contributed by atoms with Gasteiger partial charge in [-0.3, -0.25) is 10.2 Å². The van der Waals surface area contributed by atoms with Gasteiger partial charge >= 0.3 is 0 Å². The number of unbranched alkanes of at least 4 members (excludes halogenated alkanes) is 1. The Morgan fingerprint density at radius 1 is 1.50 bits per heavy atom. The molecule has 0 saturated heterocycles. The Labute approximate surface area is 62.4 Å². The summed E-state index contributed by atoms with van der Waals surface area (Å²) >= 11 is 0. The van der Waals surface area contributed by atoms with Crippen LogP contribution < -0.4 is 5.43 Å². The molecular formula is C7H16N2O. The summed E-state index contributed by atoms with van der Waals surface area (Å²) in [6.45, 7) is 5.98. The van der Waals surface area contributed by atoms with Crippen LogP contribution in [-0.4, -0.2) is 24.5 Å². The minimum atomic E-state index is 0.721. The molecule has 0 aromatic rings. The highest BCUT2D eigenvalue weighted by Crippen LogP contribution is 1.89. The van der Waals surface area contributed by atoms with Crippen molar-refractivity contribution in [3.8, 4) is 0 Å². The lowest BCUT2D eigenvalue weighted by Gasteiger charge is -2.17. The molecule has 10 heavy (non-hydrogen) atoms. The van der Waals surface area contributed by atoms with E-state index in [4.69, 9.17) is 0 Å². The molecule has 0 unspecified atom stereocenters. The first-order valence-electron chi connectivity index (χ1n) is 3.79. The fourth-order valence-electron chi connectivity index (χ4n) is 0.737. The summed E-state index contributed by atoms with van der Waals surface area (Å²) in [7, 11) is 0. The summed E-state index contributed by atoms with van der Waals surface area (Å²) in [5.74, 6) is 0. The molecule has 3 heteroatoms. The molecule has 0 spiro atoms. The van der Waals surface area contributed by atoms with Gasteiger partial charge in [0.15, 0.2) is 0 Å². The predicted molar refractivity (Wildman–Crippen MR) is 41.4 cm³/mol. The zero-order chi connectivity index (χ0) is 7.82. The molecule has 0 aliphatic carbocycles. The van der Waals surface area contributed by atoms with Crippen LogP contribution in [0.1, 0.15) is 26.7 Å². The molecule has 1 N–H and O–H groups in total. The number of amides is 1. The number of hydrogen-bond donors (Lipinski definition) is 1. The first-order valence-corrected chi connectivity index (χ1v) is 3.79. The lowest BCUT2D eigenvalue weighted by molar-refractivity contribution is -0.113. The standard InChI is InChI=1S/C7H16N2O/c1-3-5-6-9(4-2)8-7-10/h7H,3-6H2,1-2H3,(H,8,10). The Hall–Kier alpha value is -0.570. The molecule has 60 valence electrons. The van der Waals surface area contributed by atoms with Gasteiger partial charge in [-0.2, -0.15) is 0 Å². The van der Waals surface area contributed by atoms with E-state index in [1.54, 1.807) is 0 Å². The number of carbonyl (C=O) groups is 1. The van der Waals surface area contributed by atoms with Crippen LogP contribution in [0.2, 0.25) is 0 Å². The van der Waals surface area contributed by atoms with E-state index >= 15 is 0 Å². The maximum atomic E-state index is 9.98. The van der Waals surface area contributed by atoms with Gasteiger partial charge in [0.05, 0.1) is 0 Å². The van der Waals surface area contributed by atoms with E-state index in [1.165, 1.54) is 0 Å². The largest absolute Gasteiger partial charge is 0.292 e. The smallest absolute Gasteiger partial charge is 0.221 e. The second kappa shape index (κ2) is 6.55. The number of hydrazine groups is 1. The van der Waals surface area contributed by atoms with E-state index in [2.05, 4.69) is 12.3 Å². The Bertz CT molecular complexity index is 85.7. The maximum absolute atomic E-state index is 9.98. The third-order valence-corrected chi connectivity index (χ3v) is 1.40. The molecule has 0 radical (unpaired) electrons. The number of hydrogen-bond acceptors (Lipinski definition) is 2. The number of nitrogens with zero attached hydrogens (tertiary/aromatic N) is 1. The Morgan fingerprint density at radius 3 is 2.60 bits per heavy atom. The van der Waals surface area contributed by atoms with Crippen molar-refractivity contribution in [2.45, 2.75) is 26.7 Å². The average Bonchev–Trinajstić information content (AvgIpc) is 1.98. The summed E-state index contributed by atoms with van der Waals surface area (Å²) in [5.41, 5.74) is 2.62. The predicted octanol–water partition coefficient (Wildman–Crippen LogP) is 0.769. The molecule has 0 heterocycles. The van der Waals surface area contributed by atoms with Crippen molar-refractivity contribution in [1.29, 1.82) is 0 Å². The van der Waals surface area contributed by atoms with Crippen molar-refractivity contribution in [3.63, 3.8) is 0 Å². The molecule has 0 saturated carbocycles. The summed E-state index contributed by atoms with van der Waals surface area (Å²) in [6.07, 6.45) is 3.02. The van der Waals surface area contributed by atoms with Gasteiger partial charge in [0, 0.05) is 13.1 Å². The Morgan fingerprint density at radius 2 is 2.20 bits per heavy atom. The SMILES string of the molecule is CCCCN(CC)NC=O. The van der Waals surface area contributed by atoms with Gasteiger partial charge in [-0.1, -0.05) is 20.3 Å². The van der Waals surface area contributed by atoms with Gasteiger partial charge in [0.2, 0.25) is 6.41 Å². The van der Waals surface area contributed by atoms with E-state index in [0.717, 1.165) is 32.3 Å². The lowest BCUT2D eigenvalue weighted by Crippen LogP contribution is -2.37. The highest BCUT2D eigenvalue weighted by atomic mass is 16.1. The van der Waals surface area contributed by atoms with E-state index in [9.17, 15) is 4.79 Å². The van der Waals surface area contributed by atoms with Crippen LogP contribution in [0.15, 0.2) is 0 Å². The molecule has 1 amide bonds. The van der Waals surface area contributed by atoms with Crippen LogP contribution in [0.4, 0.5) is 0 Å². The Kier molecular flexibility index (Phi) is 6.18. The van der Waals surface area contributed by atoms with E-state index in [0.29, 0.717) is 0 Å². The van der Waals surface area contributed by atoms with Gasteiger partial charge in [-0.15, -0.1) is 0 Å². The highest BCUT2D eigenvalue weighted by molar-refractivity contribution is 5.44. The lowest BCUT2D eigenvalue weighted by atomic mass is 10.3. The van der Waals surface area contributed by atoms with Crippen molar-refractivity contribution >= 4 is 6.41 Å². The molecular weight excluding hydrogens is 128 g/mol. The van der Waals surface area contributed by atoms with Crippen molar-refractivity contribution in [3.05, 3.63) is 0 Å². The zero-order valence-corrected chi connectivity index (χ0v) is 6.76. The molecule has 0 aromatic carbocycles. The Balaban J connectivity index is 3.29. The van der Waals surface area contributed by atoms with Gasteiger partial charge < -0.3 is 0 Å². The van der Waals surface area contributed by atoms with Crippen LogP contribution in [0.3, 0.4) is 0 Å². The minimum Gasteiger partial charge on any atom is -0.292 e. The molecule has 0 aliphatic heterocycles. The fraction of sp³-hybridized carbons (Fsp3) is 0.857. The van der Waals surface area contributed by atoms with Crippen molar-refractivity contribution in [1.82, 2.24) is 10.4 Å². The summed E-state index contributed by atoms with van der Waals surface area (Å²) in [6, 6.07) is 0. The van der Waals surface area contributed by atoms with Crippen molar-refractivity contribution in [2.24, 2.45) is 0 Å². The second-order valence-electron chi connectivity index (χ2n) is 2.18. The number of rotatable bonds is 6. The summed E-state index contributed by atoms with van der Waals surface area (Å²) in [5, 5.41) is 1.90. The fourth-order valence-corrected chi connectivity index (χ4v) is 0.737. The van der Waals surface area contributed by atoms with Crippen LogP contribution in [-0.2, 0) is 4.79 Å². The minimum absolute atomic E-state index is 0.721. The van der Waals surface area contributed by atoms with E-state index < -0.39 is 0 Å². The third kappa shape index (κ3) is 4.32. The van der Waals surface area contributed by atoms with Gasteiger partial charge in [-0.05, 0) is 6.42 Å². The molecule has 0 aromatic heterocycles. The van der Waals surface area contributed by atoms with E-state index in [1.807, 2.05) is 11.9 Å². The summed E-state index contributed by atoms with van der Waals surface area (Å²) < 4.78 is 0. The first-order chi connectivity index (χ1) is 4.85. The van der Waals surface area contributed by atoms with Crippen LogP contribution in [0.5, 0.6) is 0 Å². The molecule has 0 atom stereocenters. The summed E-state index contributed by atoms with van der Waals surface area (Å²) in [4.78, 5) is 9.98. The molecule has 0 bridgehead atoms. The van der Waals surface area contributed by atoms with Crippen molar-refractivity contribution in [2.75, 3.05) is 13.1 Å². The second-order valence-corrected chi connectivity index (χ2v) is 2.18. The van der Waals surface area contributed by atoms with Crippen LogP contribution in [0.25, 0.3) is 0 Å². The maximum Gasteiger partial charge on any atom is 0.221 e. The van der Waals surface area contributed by atoms with Gasteiger partial charge in [-0.25, -0.2) is 5.01 Å². The normalized spacial score (nSPS) is 9.90. The average molecular weight is 144 g/mol. The van der Waals surface area contributed by atoms with Gasteiger partial charge in [0.1, 0.15) is 0 Å². The number of carbonyl (C=O) groups excluding carboxylic acids is 1. The van der Waals surface area contributed by atoms with Crippen LogP contribution in [0, 0.1) is 0 Å². The quantitative estimate of drug-likeness (QED) is 0.441. The van der Waals surface area contributed by atoms with Crippen LogP contribution >= 0.6 is 0 Å². The number of nitrogens with one attached hydrogen (secondary N) is 1. The topological polar surface area (TPSA) is 32.3 Å². The monoisotopic (exact) mass is 144 g/mol. The molecule has 0 rings (SSSR count). The third-order valence-electron chi connectivity index (χ3n) is 1.40.